The van der Waals surface area contributed by atoms with Crippen molar-refractivity contribution in [3.8, 4) is 5.75 Å². The van der Waals surface area contributed by atoms with Crippen molar-refractivity contribution in [3.05, 3.63) is 64.7 Å². The van der Waals surface area contributed by atoms with Crippen molar-refractivity contribution in [1.29, 1.82) is 0 Å². The highest BCUT2D eigenvalue weighted by Gasteiger charge is 2.31. The van der Waals surface area contributed by atoms with E-state index in [4.69, 9.17) is 4.74 Å². The van der Waals surface area contributed by atoms with Gasteiger partial charge in [-0.3, -0.25) is 4.79 Å². The Morgan fingerprint density at radius 1 is 1.06 bits per heavy atom. The average molecular weight is 445 g/mol. The summed E-state index contributed by atoms with van der Waals surface area (Å²) >= 11 is 0. The van der Waals surface area contributed by atoms with E-state index in [1.54, 1.807) is 0 Å². The second-order valence-electron chi connectivity index (χ2n) is 8.26. The summed E-state index contributed by atoms with van der Waals surface area (Å²) in [5.41, 5.74) is 4.00. The Hall–Kier alpha value is -2.38. The van der Waals surface area contributed by atoms with Crippen molar-refractivity contribution in [1.82, 2.24) is 9.62 Å². The molecule has 2 aromatic rings. The first kappa shape index (κ1) is 23.3. The zero-order chi connectivity index (χ0) is 22.4. The number of nitrogens with zero attached hydrogens (tertiary/aromatic N) is 1. The van der Waals surface area contributed by atoms with Crippen LogP contribution in [0.4, 0.5) is 0 Å². The van der Waals surface area contributed by atoms with Crippen molar-refractivity contribution in [2.24, 2.45) is 5.92 Å². The Morgan fingerprint density at radius 2 is 1.77 bits per heavy atom. The van der Waals surface area contributed by atoms with Crippen LogP contribution in [0.15, 0.2) is 42.5 Å². The van der Waals surface area contributed by atoms with Crippen LogP contribution in [0, 0.1) is 26.7 Å². The number of rotatable bonds is 8. The number of benzene rings is 2. The molecule has 0 bridgehead atoms. The second-order valence-corrected chi connectivity index (χ2v) is 10.2. The zero-order valence-corrected chi connectivity index (χ0v) is 19.4. The molecule has 0 saturated carbocycles. The first-order valence-corrected chi connectivity index (χ1v) is 12.4. The van der Waals surface area contributed by atoms with Crippen LogP contribution in [0.2, 0.25) is 0 Å². The van der Waals surface area contributed by atoms with Gasteiger partial charge in [-0.2, -0.15) is 0 Å². The smallest absolute Gasteiger partial charge is 0.223 e. The van der Waals surface area contributed by atoms with Crippen molar-refractivity contribution in [3.63, 3.8) is 0 Å². The van der Waals surface area contributed by atoms with Gasteiger partial charge in [-0.25, -0.2) is 12.7 Å². The van der Waals surface area contributed by atoms with E-state index in [0.29, 0.717) is 39.1 Å². The largest absolute Gasteiger partial charge is 0.491 e. The lowest BCUT2D eigenvalue weighted by Gasteiger charge is -2.30. The van der Waals surface area contributed by atoms with E-state index in [2.05, 4.69) is 5.32 Å². The quantitative estimate of drug-likeness (QED) is 0.634. The van der Waals surface area contributed by atoms with E-state index < -0.39 is 10.0 Å². The van der Waals surface area contributed by atoms with E-state index in [1.807, 2.05) is 63.2 Å². The maximum Gasteiger partial charge on any atom is 0.223 e. The molecule has 1 saturated heterocycles. The highest BCUT2D eigenvalue weighted by molar-refractivity contribution is 7.88. The van der Waals surface area contributed by atoms with Crippen LogP contribution in [0.25, 0.3) is 0 Å². The maximum atomic E-state index is 12.8. The van der Waals surface area contributed by atoms with Gasteiger partial charge in [-0.1, -0.05) is 36.4 Å². The van der Waals surface area contributed by atoms with Crippen LogP contribution in [-0.2, 0) is 20.6 Å². The number of sulfonamides is 1. The molecular weight excluding hydrogens is 412 g/mol. The van der Waals surface area contributed by atoms with Gasteiger partial charge in [0, 0.05) is 19.0 Å². The molecule has 31 heavy (non-hydrogen) atoms. The van der Waals surface area contributed by atoms with E-state index in [-0.39, 0.29) is 17.6 Å². The molecular formula is C24H32N2O4S. The molecule has 0 aromatic heterocycles. The third-order valence-corrected chi connectivity index (χ3v) is 7.65. The Morgan fingerprint density at radius 3 is 2.48 bits per heavy atom. The lowest BCUT2D eigenvalue weighted by molar-refractivity contribution is -0.126. The maximum absolute atomic E-state index is 12.8. The third-order valence-electron chi connectivity index (χ3n) is 5.82. The summed E-state index contributed by atoms with van der Waals surface area (Å²) in [6.07, 6.45) is 1.08. The first-order valence-electron chi connectivity index (χ1n) is 10.8. The molecule has 0 unspecified atom stereocenters. The molecule has 0 radical (unpaired) electrons. The summed E-state index contributed by atoms with van der Waals surface area (Å²) < 4.78 is 32.9. The van der Waals surface area contributed by atoms with Gasteiger partial charge < -0.3 is 10.1 Å². The predicted octanol–water partition coefficient (Wildman–Crippen LogP) is 3.35. The van der Waals surface area contributed by atoms with Gasteiger partial charge >= 0.3 is 0 Å². The van der Waals surface area contributed by atoms with Gasteiger partial charge in [0.25, 0.3) is 0 Å². The topological polar surface area (TPSA) is 75.7 Å². The van der Waals surface area contributed by atoms with Crippen LogP contribution in [0.5, 0.6) is 5.75 Å². The monoisotopic (exact) mass is 444 g/mol. The fourth-order valence-electron chi connectivity index (χ4n) is 3.80. The number of amides is 1. The second kappa shape index (κ2) is 10.3. The molecule has 6 nitrogen and oxygen atoms in total. The summed E-state index contributed by atoms with van der Waals surface area (Å²) in [4.78, 5) is 12.5. The molecule has 0 aliphatic carbocycles. The SMILES string of the molecule is Cc1ccc(C)c(OCCNC(=O)C2CCN(S(=O)(=O)Cc3ccccc3C)CC2)c1. The lowest BCUT2D eigenvalue weighted by Crippen LogP contribution is -2.44. The van der Waals surface area contributed by atoms with Crippen molar-refractivity contribution < 1.29 is 17.9 Å². The minimum absolute atomic E-state index is 0.00620. The molecule has 1 N–H and O–H groups in total. The first-order chi connectivity index (χ1) is 14.8. The number of piperidine rings is 1. The number of nitrogens with one attached hydrogen (secondary N) is 1. The number of aryl methyl sites for hydroxylation is 3. The fraction of sp³-hybridized carbons (Fsp3) is 0.458. The highest BCUT2D eigenvalue weighted by Crippen LogP contribution is 2.23. The third kappa shape index (κ3) is 6.31. The van der Waals surface area contributed by atoms with Crippen LogP contribution >= 0.6 is 0 Å². The summed E-state index contributed by atoms with van der Waals surface area (Å²) in [5, 5.41) is 2.93. The average Bonchev–Trinajstić information content (AvgIpc) is 2.75. The standard InChI is InChI=1S/C24H32N2O4S/c1-18-8-9-20(3)23(16-18)30-15-12-25-24(27)21-10-13-26(14-11-21)31(28,29)17-22-7-5-4-6-19(22)2/h4-9,16,21H,10-15,17H2,1-3H3,(H,25,27). The minimum Gasteiger partial charge on any atom is -0.491 e. The molecule has 1 heterocycles. The van der Waals surface area contributed by atoms with Gasteiger partial charge in [-0.15, -0.1) is 0 Å². The molecule has 1 aliphatic rings. The number of carbonyl (C=O) groups is 1. The van der Waals surface area contributed by atoms with Gasteiger partial charge in [0.2, 0.25) is 15.9 Å². The van der Waals surface area contributed by atoms with E-state index in [9.17, 15) is 13.2 Å². The van der Waals surface area contributed by atoms with Crippen LogP contribution in [0.1, 0.15) is 35.1 Å². The Labute approximate surface area is 185 Å². The van der Waals surface area contributed by atoms with Gasteiger partial charge in [-0.05, 0) is 61.9 Å². The molecule has 168 valence electrons. The lowest BCUT2D eigenvalue weighted by atomic mass is 9.97. The summed E-state index contributed by atoms with van der Waals surface area (Å²) in [6, 6.07) is 13.6. The van der Waals surface area contributed by atoms with Gasteiger partial charge in [0.1, 0.15) is 12.4 Å². The van der Waals surface area contributed by atoms with Crippen LogP contribution in [-0.4, -0.2) is 44.9 Å². The molecule has 1 fully saturated rings. The van der Waals surface area contributed by atoms with Crippen molar-refractivity contribution >= 4 is 15.9 Å². The molecule has 1 amide bonds. The number of hydrogen-bond donors (Lipinski definition) is 1. The number of hydrogen-bond acceptors (Lipinski definition) is 4. The molecule has 2 aromatic carbocycles. The molecule has 3 rings (SSSR count). The molecule has 1 aliphatic heterocycles. The summed E-state index contributed by atoms with van der Waals surface area (Å²) in [7, 11) is -3.39. The molecule has 0 spiro atoms. The Kier molecular flexibility index (Phi) is 7.73. The van der Waals surface area contributed by atoms with Crippen LogP contribution < -0.4 is 10.1 Å². The summed E-state index contributed by atoms with van der Waals surface area (Å²) in [5.74, 6) is 0.652. The zero-order valence-electron chi connectivity index (χ0n) is 18.6. The van der Waals surface area contributed by atoms with Crippen LogP contribution in [0.3, 0.4) is 0 Å². The van der Waals surface area contributed by atoms with Gasteiger partial charge in [0.05, 0.1) is 12.3 Å². The molecule has 7 heteroatoms. The number of carbonyl (C=O) groups excluding carboxylic acids is 1. The summed E-state index contributed by atoms with van der Waals surface area (Å²) in [6.45, 7) is 7.52. The fourth-order valence-corrected chi connectivity index (χ4v) is 5.47. The van der Waals surface area contributed by atoms with Crippen molar-refractivity contribution in [2.75, 3.05) is 26.2 Å². The highest BCUT2D eigenvalue weighted by atomic mass is 32.2. The van der Waals surface area contributed by atoms with E-state index in [1.165, 1.54) is 4.31 Å². The van der Waals surface area contributed by atoms with Gasteiger partial charge in [0.15, 0.2) is 0 Å². The minimum atomic E-state index is -3.39. The molecule has 0 atom stereocenters. The number of ether oxygens (including phenoxy) is 1. The van der Waals surface area contributed by atoms with E-state index >= 15 is 0 Å². The predicted molar refractivity (Wildman–Crippen MR) is 123 cm³/mol. The van der Waals surface area contributed by atoms with Crippen molar-refractivity contribution in [2.45, 2.75) is 39.4 Å². The Bertz CT molecular complexity index is 1010. The van der Waals surface area contributed by atoms with E-state index in [0.717, 1.165) is 28.0 Å². The normalized spacial score (nSPS) is 15.6. The Balaban J connectivity index is 1.43.